The largest absolute Gasteiger partial charge is 0.315 e. The lowest BCUT2D eigenvalue weighted by atomic mass is 9.86. The van der Waals surface area contributed by atoms with E-state index in [2.05, 4.69) is 58.8 Å². The summed E-state index contributed by atoms with van der Waals surface area (Å²) in [4.78, 5) is 2.52. The molecule has 0 spiro atoms. The SMILES string of the molecule is CCNCC(CC)N(C)C(C)C(C)(C)C. The molecule has 92 valence electrons. The third-order valence-electron chi connectivity index (χ3n) is 3.54. The molecule has 0 aliphatic heterocycles. The Kier molecular flexibility index (Phi) is 6.46. The number of likely N-dealkylation sites (N-methyl/N-ethyl adjacent to an activating group) is 2. The monoisotopic (exact) mass is 214 g/mol. The van der Waals surface area contributed by atoms with E-state index in [1.807, 2.05) is 0 Å². The van der Waals surface area contributed by atoms with Gasteiger partial charge in [-0.3, -0.25) is 4.90 Å². The van der Waals surface area contributed by atoms with Crippen molar-refractivity contribution in [1.29, 1.82) is 0 Å². The second kappa shape index (κ2) is 6.49. The molecule has 2 atom stereocenters. The highest BCUT2D eigenvalue weighted by Gasteiger charge is 2.27. The van der Waals surface area contributed by atoms with E-state index in [0.717, 1.165) is 13.1 Å². The molecule has 0 aromatic rings. The highest BCUT2D eigenvalue weighted by molar-refractivity contribution is 4.82. The molecular weight excluding hydrogens is 184 g/mol. The third kappa shape index (κ3) is 4.98. The Labute approximate surface area is 96.4 Å². The number of hydrogen-bond donors (Lipinski definition) is 1. The molecule has 1 N–H and O–H groups in total. The quantitative estimate of drug-likeness (QED) is 0.731. The zero-order chi connectivity index (χ0) is 12.1. The fourth-order valence-electron chi connectivity index (χ4n) is 1.81. The fraction of sp³-hybridized carbons (Fsp3) is 1.00. The van der Waals surface area contributed by atoms with Crippen molar-refractivity contribution in [3.05, 3.63) is 0 Å². The van der Waals surface area contributed by atoms with Crippen molar-refractivity contribution in [3.8, 4) is 0 Å². The first-order chi connectivity index (χ1) is 6.84. The van der Waals surface area contributed by atoms with E-state index >= 15 is 0 Å². The summed E-state index contributed by atoms with van der Waals surface area (Å²) in [6.07, 6.45) is 1.21. The Hall–Kier alpha value is -0.0800. The summed E-state index contributed by atoms with van der Waals surface area (Å²) in [6, 6.07) is 1.26. The summed E-state index contributed by atoms with van der Waals surface area (Å²) in [7, 11) is 2.25. The van der Waals surface area contributed by atoms with Gasteiger partial charge in [-0.05, 0) is 32.4 Å². The van der Waals surface area contributed by atoms with Crippen LogP contribution in [0.3, 0.4) is 0 Å². The topological polar surface area (TPSA) is 15.3 Å². The molecule has 0 saturated carbocycles. The van der Waals surface area contributed by atoms with Crippen LogP contribution in [0.2, 0.25) is 0 Å². The average Bonchev–Trinajstić information content (AvgIpc) is 2.16. The molecule has 0 heterocycles. The maximum absolute atomic E-state index is 3.44. The lowest BCUT2D eigenvalue weighted by molar-refractivity contribution is 0.0943. The lowest BCUT2D eigenvalue weighted by Crippen LogP contribution is -2.48. The van der Waals surface area contributed by atoms with E-state index in [4.69, 9.17) is 0 Å². The molecular formula is C13H30N2. The lowest BCUT2D eigenvalue weighted by Gasteiger charge is -2.40. The first-order valence-corrected chi connectivity index (χ1v) is 6.27. The smallest absolute Gasteiger partial charge is 0.0218 e. The van der Waals surface area contributed by atoms with E-state index in [-0.39, 0.29) is 0 Å². The third-order valence-corrected chi connectivity index (χ3v) is 3.54. The van der Waals surface area contributed by atoms with Crippen LogP contribution in [0.15, 0.2) is 0 Å². The van der Waals surface area contributed by atoms with Crippen LogP contribution in [0, 0.1) is 5.41 Å². The van der Waals surface area contributed by atoms with Gasteiger partial charge in [0.2, 0.25) is 0 Å². The summed E-state index contributed by atoms with van der Waals surface area (Å²) < 4.78 is 0. The van der Waals surface area contributed by atoms with Crippen LogP contribution in [0.5, 0.6) is 0 Å². The van der Waals surface area contributed by atoms with Crippen molar-refractivity contribution in [2.75, 3.05) is 20.1 Å². The summed E-state index contributed by atoms with van der Waals surface area (Å²) in [5, 5.41) is 3.44. The van der Waals surface area contributed by atoms with Crippen LogP contribution >= 0.6 is 0 Å². The number of hydrogen-bond acceptors (Lipinski definition) is 2. The van der Waals surface area contributed by atoms with Crippen molar-refractivity contribution in [2.45, 2.75) is 60.0 Å². The maximum atomic E-state index is 3.44. The Bertz CT molecular complexity index is 160. The predicted molar refractivity (Wildman–Crippen MR) is 69.3 cm³/mol. The Morgan fingerprint density at radius 3 is 2.07 bits per heavy atom. The van der Waals surface area contributed by atoms with Gasteiger partial charge in [-0.2, -0.15) is 0 Å². The van der Waals surface area contributed by atoms with Crippen molar-refractivity contribution < 1.29 is 0 Å². The van der Waals surface area contributed by atoms with Crippen LogP contribution in [0.1, 0.15) is 48.0 Å². The minimum atomic E-state index is 0.356. The zero-order valence-electron chi connectivity index (χ0n) is 11.7. The van der Waals surface area contributed by atoms with Crippen LogP contribution in [-0.4, -0.2) is 37.1 Å². The highest BCUT2D eigenvalue weighted by Crippen LogP contribution is 2.24. The summed E-state index contributed by atoms with van der Waals surface area (Å²) in [5.41, 5.74) is 0.356. The summed E-state index contributed by atoms with van der Waals surface area (Å²) >= 11 is 0. The van der Waals surface area contributed by atoms with Crippen molar-refractivity contribution >= 4 is 0 Å². The Balaban J connectivity index is 4.30. The van der Waals surface area contributed by atoms with Gasteiger partial charge >= 0.3 is 0 Å². The van der Waals surface area contributed by atoms with Crippen LogP contribution in [0.4, 0.5) is 0 Å². The number of nitrogens with zero attached hydrogens (tertiary/aromatic N) is 1. The standard InChI is InChI=1S/C13H30N2/c1-8-12(10-14-9-2)15(7)11(3)13(4,5)6/h11-12,14H,8-10H2,1-7H3. The van der Waals surface area contributed by atoms with Crippen LogP contribution in [0.25, 0.3) is 0 Å². The number of nitrogens with one attached hydrogen (secondary N) is 1. The van der Waals surface area contributed by atoms with Crippen LogP contribution in [-0.2, 0) is 0 Å². The van der Waals surface area contributed by atoms with E-state index in [0.29, 0.717) is 17.5 Å². The van der Waals surface area contributed by atoms with Gasteiger partial charge in [0.05, 0.1) is 0 Å². The highest BCUT2D eigenvalue weighted by atomic mass is 15.2. The molecule has 0 bridgehead atoms. The molecule has 0 radical (unpaired) electrons. The molecule has 0 aromatic heterocycles. The van der Waals surface area contributed by atoms with Crippen molar-refractivity contribution in [1.82, 2.24) is 10.2 Å². The first kappa shape index (κ1) is 14.9. The van der Waals surface area contributed by atoms with Crippen molar-refractivity contribution in [3.63, 3.8) is 0 Å². The molecule has 2 heteroatoms. The Morgan fingerprint density at radius 1 is 1.20 bits per heavy atom. The number of rotatable bonds is 6. The van der Waals surface area contributed by atoms with Gasteiger partial charge < -0.3 is 5.32 Å². The Morgan fingerprint density at radius 2 is 1.73 bits per heavy atom. The normalized spacial score (nSPS) is 16.8. The summed E-state index contributed by atoms with van der Waals surface area (Å²) in [6.45, 7) is 15.9. The molecule has 0 aromatic carbocycles. The molecule has 2 nitrogen and oxygen atoms in total. The molecule has 2 unspecified atom stereocenters. The molecule has 0 aliphatic rings. The second-order valence-electron chi connectivity index (χ2n) is 5.58. The van der Waals surface area contributed by atoms with Gasteiger partial charge in [-0.15, -0.1) is 0 Å². The molecule has 0 saturated heterocycles. The predicted octanol–water partition coefficient (Wildman–Crippen LogP) is 2.74. The second-order valence-corrected chi connectivity index (χ2v) is 5.58. The molecule has 0 amide bonds. The molecule has 0 fully saturated rings. The average molecular weight is 214 g/mol. The van der Waals surface area contributed by atoms with Gasteiger partial charge in [-0.1, -0.05) is 34.6 Å². The molecule has 0 aliphatic carbocycles. The van der Waals surface area contributed by atoms with E-state index < -0.39 is 0 Å². The minimum Gasteiger partial charge on any atom is -0.315 e. The van der Waals surface area contributed by atoms with Gasteiger partial charge in [0.15, 0.2) is 0 Å². The zero-order valence-corrected chi connectivity index (χ0v) is 11.7. The van der Waals surface area contributed by atoms with Gasteiger partial charge in [0.1, 0.15) is 0 Å². The van der Waals surface area contributed by atoms with Gasteiger partial charge in [0.25, 0.3) is 0 Å². The summed E-state index contributed by atoms with van der Waals surface area (Å²) in [5.74, 6) is 0. The van der Waals surface area contributed by atoms with Crippen molar-refractivity contribution in [2.24, 2.45) is 5.41 Å². The van der Waals surface area contributed by atoms with Gasteiger partial charge in [0, 0.05) is 18.6 Å². The minimum absolute atomic E-state index is 0.356. The van der Waals surface area contributed by atoms with E-state index in [1.165, 1.54) is 6.42 Å². The fourth-order valence-corrected chi connectivity index (χ4v) is 1.81. The molecule has 0 rings (SSSR count). The molecule has 15 heavy (non-hydrogen) atoms. The maximum Gasteiger partial charge on any atom is 0.0218 e. The van der Waals surface area contributed by atoms with Gasteiger partial charge in [-0.25, -0.2) is 0 Å². The van der Waals surface area contributed by atoms with E-state index in [9.17, 15) is 0 Å². The van der Waals surface area contributed by atoms with Crippen LogP contribution < -0.4 is 5.32 Å². The first-order valence-electron chi connectivity index (χ1n) is 6.27. The van der Waals surface area contributed by atoms with E-state index in [1.54, 1.807) is 0 Å².